The third kappa shape index (κ3) is 24.5. The van der Waals surface area contributed by atoms with Gasteiger partial charge in [0, 0.05) is 0 Å². The molecule has 0 aromatic rings. The smallest absolute Gasteiger partial charge is 0.170 e. The molecule has 0 nitrogen and oxygen atoms in total. The lowest BCUT2D eigenvalue weighted by molar-refractivity contribution is -0.178. The predicted octanol–water partition coefficient (Wildman–Crippen LogP) is 3.94. The quantitative estimate of drug-likeness (QED) is 0.572. The molecule has 6 heteroatoms. The van der Waals surface area contributed by atoms with E-state index in [0.717, 1.165) is 6.42 Å². The molecule has 0 bridgehead atoms. The summed E-state index contributed by atoms with van der Waals surface area (Å²) >= 11 is 0. The normalized spacial score (nSPS) is 12.0. The van der Waals surface area contributed by atoms with E-state index in [-0.39, 0.29) is 0 Å². The Balaban J connectivity index is 0. The second-order valence-electron chi connectivity index (χ2n) is 2.08. The highest BCUT2D eigenvalue weighted by molar-refractivity contribution is 4.82. The molecular formula is C7H10F6. The van der Waals surface area contributed by atoms with Gasteiger partial charge in [0.25, 0.3) is 0 Å². The summed E-state index contributed by atoms with van der Waals surface area (Å²) in [4.78, 5) is 0. The van der Waals surface area contributed by atoms with Crippen molar-refractivity contribution in [3.63, 3.8) is 0 Å². The van der Waals surface area contributed by atoms with E-state index in [1.54, 1.807) is 0 Å². The Hall–Kier alpha value is -0.420. The van der Waals surface area contributed by atoms with Gasteiger partial charge < -0.3 is 0 Å². The Kier molecular flexibility index (Phi) is 7.07. The average Bonchev–Trinajstić information content (AvgIpc) is 1.80. The van der Waals surface area contributed by atoms with E-state index in [1.807, 2.05) is 0 Å². The van der Waals surface area contributed by atoms with Crippen molar-refractivity contribution in [3.8, 4) is 0 Å². The number of rotatable bonds is 1. The highest BCUT2D eigenvalue weighted by atomic mass is 19.4. The van der Waals surface area contributed by atoms with E-state index in [0.29, 0.717) is 0 Å². The maximum Gasteiger partial charge on any atom is 0.401 e. The summed E-state index contributed by atoms with van der Waals surface area (Å²) in [5.41, 5.74) is 0. The monoisotopic (exact) mass is 208 g/mol. The first-order valence-electron chi connectivity index (χ1n) is 3.42. The first-order valence-corrected chi connectivity index (χ1v) is 3.42. The molecule has 0 fully saturated rings. The Bertz CT molecular complexity index is 97.1. The van der Waals surface area contributed by atoms with Crippen molar-refractivity contribution in [2.24, 2.45) is 0 Å². The van der Waals surface area contributed by atoms with Crippen molar-refractivity contribution < 1.29 is 26.3 Å². The molecule has 0 N–H and O–H groups in total. The van der Waals surface area contributed by atoms with Gasteiger partial charge in [-0.1, -0.05) is 26.7 Å². The van der Waals surface area contributed by atoms with Crippen LogP contribution in [0.2, 0.25) is 0 Å². The largest absolute Gasteiger partial charge is 0.401 e. The van der Waals surface area contributed by atoms with Crippen LogP contribution < -0.4 is 0 Å². The van der Waals surface area contributed by atoms with E-state index in [9.17, 15) is 26.3 Å². The second kappa shape index (κ2) is 6.10. The topological polar surface area (TPSA) is 0 Å². The Morgan fingerprint density at radius 1 is 1.00 bits per heavy atom. The molecule has 0 amide bonds. The number of hydrogen-bond donors (Lipinski definition) is 0. The molecule has 2 radical (unpaired) electrons. The van der Waals surface area contributed by atoms with Gasteiger partial charge in [-0.3, -0.25) is 0 Å². The molecule has 0 heterocycles. The molecule has 0 unspecified atom stereocenters. The van der Waals surface area contributed by atoms with Crippen LogP contribution in [0.5, 0.6) is 0 Å². The number of unbranched alkanes of at least 4 members (excludes halogenated alkanes) is 1. The van der Waals surface area contributed by atoms with Crippen LogP contribution in [-0.2, 0) is 0 Å². The van der Waals surface area contributed by atoms with E-state index < -0.39 is 18.8 Å². The van der Waals surface area contributed by atoms with Gasteiger partial charge >= 0.3 is 12.4 Å². The molecule has 0 atom stereocenters. The maximum atomic E-state index is 10.8. The zero-order chi connectivity index (χ0) is 11.1. The summed E-state index contributed by atoms with van der Waals surface area (Å²) in [5.74, 6) is 0. The summed E-state index contributed by atoms with van der Waals surface area (Å²) in [6.45, 7) is 5.72. The van der Waals surface area contributed by atoms with Crippen molar-refractivity contribution in [1.82, 2.24) is 0 Å². The molecule has 13 heavy (non-hydrogen) atoms. The lowest BCUT2D eigenvalue weighted by atomic mass is 10.4. The summed E-state index contributed by atoms with van der Waals surface area (Å²) in [5, 5.41) is 0. The molecule has 0 spiro atoms. The molecule has 0 saturated heterocycles. The van der Waals surface area contributed by atoms with E-state index in [2.05, 4.69) is 13.8 Å². The highest BCUT2D eigenvalue weighted by Gasteiger charge is 2.44. The molecule has 0 saturated carbocycles. The summed E-state index contributed by atoms with van der Waals surface area (Å²) in [6, 6.07) is 0. The zero-order valence-electron chi connectivity index (χ0n) is 6.97. The Labute approximate surface area is 72.9 Å². The fourth-order valence-corrected chi connectivity index (χ4v) is 0.186. The van der Waals surface area contributed by atoms with E-state index in [4.69, 9.17) is 0 Å². The SMILES string of the molecule is FC(F)(F)[CH]C(F)(F)F.[CH2]CCC. The molecule has 0 aliphatic rings. The zero-order valence-corrected chi connectivity index (χ0v) is 6.97. The van der Waals surface area contributed by atoms with Crippen molar-refractivity contribution >= 4 is 0 Å². The minimum atomic E-state index is -5.27. The van der Waals surface area contributed by atoms with Crippen LogP contribution in [0.3, 0.4) is 0 Å². The molecular weight excluding hydrogens is 198 g/mol. The van der Waals surface area contributed by atoms with Crippen LogP contribution in [0.4, 0.5) is 26.3 Å². The van der Waals surface area contributed by atoms with Gasteiger partial charge in [0.2, 0.25) is 0 Å². The van der Waals surface area contributed by atoms with Crippen LogP contribution in [0.15, 0.2) is 0 Å². The van der Waals surface area contributed by atoms with Crippen LogP contribution in [0.1, 0.15) is 19.8 Å². The van der Waals surface area contributed by atoms with Crippen LogP contribution in [-0.4, -0.2) is 12.4 Å². The van der Waals surface area contributed by atoms with Crippen molar-refractivity contribution in [2.45, 2.75) is 32.1 Å². The fraction of sp³-hybridized carbons (Fsp3) is 0.714. The van der Waals surface area contributed by atoms with E-state index in [1.165, 1.54) is 6.42 Å². The van der Waals surface area contributed by atoms with Crippen LogP contribution >= 0.6 is 0 Å². The van der Waals surface area contributed by atoms with Crippen molar-refractivity contribution in [1.29, 1.82) is 0 Å². The van der Waals surface area contributed by atoms with Gasteiger partial charge in [0.1, 0.15) is 0 Å². The predicted molar refractivity (Wildman–Crippen MR) is 36.7 cm³/mol. The lowest BCUT2D eigenvalue weighted by Crippen LogP contribution is -2.21. The molecule has 80 valence electrons. The Morgan fingerprint density at radius 3 is 1.23 bits per heavy atom. The number of hydrogen-bond acceptors (Lipinski definition) is 0. The van der Waals surface area contributed by atoms with Gasteiger partial charge in [0.05, 0.1) is 0 Å². The molecule has 0 aromatic heterocycles. The van der Waals surface area contributed by atoms with Gasteiger partial charge in [-0.15, -0.1) is 0 Å². The first kappa shape index (κ1) is 15.1. The van der Waals surface area contributed by atoms with E-state index >= 15 is 0 Å². The molecule has 0 rings (SSSR count). The minimum Gasteiger partial charge on any atom is -0.170 e. The van der Waals surface area contributed by atoms with Gasteiger partial charge in [-0.25, -0.2) is 0 Å². The Morgan fingerprint density at radius 2 is 1.23 bits per heavy atom. The average molecular weight is 208 g/mol. The number of halogens is 6. The summed E-state index contributed by atoms with van der Waals surface area (Å²) in [6.07, 6.45) is -9.88. The standard InChI is InChI=1S/C4H9.C3HF6/c1-3-4-2;4-2(5,6)1-3(7,8)9/h1,3-4H2,2H3;1H. The van der Waals surface area contributed by atoms with Gasteiger partial charge in [-0.2, -0.15) is 26.3 Å². The molecule has 0 aromatic carbocycles. The highest BCUT2D eigenvalue weighted by Crippen LogP contribution is 2.30. The molecule has 0 aliphatic carbocycles. The minimum absolute atomic E-state index is 1.07. The van der Waals surface area contributed by atoms with Crippen molar-refractivity contribution in [2.75, 3.05) is 0 Å². The number of alkyl halides is 6. The van der Waals surface area contributed by atoms with Gasteiger partial charge in [0.15, 0.2) is 6.42 Å². The lowest BCUT2D eigenvalue weighted by Gasteiger charge is -2.07. The van der Waals surface area contributed by atoms with Crippen LogP contribution in [0.25, 0.3) is 0 Å². The van der Waals surface area contributed by atoms with Crippen LogP contribution in [0, 0.1) is 13.3 Å². The third-order valence-electron chi connectivity index (χ3n) is 0.681. The second-order valence-corrected chi connectivity index (χ2v) is 2.08. The van der Waals surface area contributed by atoms with Gasteiger partial charge in [-0.05, 0) is 0 Å². The summed E-state index contributed by atoms with van der Waals surface area (Å²) in [7, 11) is 0. The fourth-order valence-electron chi connectivity index (χ4n) is 0.186. The van der Waals surface area contributed by atoms with Crippen molar-refractivity contribution in [3.05, 3.63) is 13.3 Å². The first-order chi connectivity index (χ1) is 5.62. The summed E-state index contributed by atoms with van der Waals surface area (Å²) < 4.78 is 64.7. The molecule has 0 aliphatic heterocycles. The maximum absolute atomic E-state index is 10.8. The third-order valence-corrected chi connectivity index (χ3v) is 0.681.